The summed E-state index contributed by atoms with van der Waals surface area (Å²) in [7, 11) is 0. The van der Waals surface area contributed by atoms with Crippen LogP contribution in [0.25, 0.3) is 0 Å². The fraction of sp³-hybridized carbons (Fsp3) is 1.00. The minimum absolute atomic E-state index is 0.711. The van der Waals surface area contributed by atoms with E-state index >= 15 is 0 Å². The van der Waals surface area contributed by atoms with Crippen LogP contribution in [0.4, 0.5) is 0 Å². The molecule has 0 radical (unpaired) electrons. The third-order valence-electron chi connectivity index (χ3n) is 2.97. The maximum absolute atomic E-state index is 5.35. The third kappa shape index (κ3) is 28.0. The summed E-state index contributed by atoms with van der Waals surface area (Å²) in [6.07, 6.45) is 8.82. The van der Waals surface area contributed by atoms with Crippen LogP contribution in [0.1, 0.15) is 51.4 Å². The highest BCUT2D eigenvalue weighted by atomic mass is 16.5. The second kappa shape index (κ2) is 25.7. The summed E-state index contributed by atoms with van der Waals surface area (Å²) in [5.74, 6) is 0. The predicted molar refractivity (Wildman–Crippen MR) is 94.8 cm³/mol. The van der Waals surface area contributed by atoms with Crippen molar-refractivity contribution < 1.29 is 9.47 Å². The van der Waals surface area contributed by atoms with E-state index < -0.39 is 0 Å². The van der Waals surface area contributed by atoms with Gasteiger partial charge in [-0.1, -0.05) is 12.8 Å². The van der Waals surface area contributed by atoms with Crippen LogP contribution in [0.3, 0.4) is 0 Å². The first-order chi connectivity index (χ1) is 10.8. The van der Waals surface area contributed by atoms with Crippen molar-refractivity contribution in [1.82, 2.24) is 0 Å². The zero-order chi connectivity index (χ0) is 16.7. The number of nitrogens with two attached hydrogens (primary N) is 4. The van der Waals surface area contributed by atoms with Crippen LogP contribution in [0, 0.1) is 0 Å². The quantitative estimate of drug-likeness (QED) is 0.314. The van der Waals surface area contributed by atoms with Crippen LogP contribution >= 0.6 is 0 Å². The molecular weight excluding hydrogens is 280 g/mol. The lowest BCUT2D eigenvalue weighted by Crippen LogP contribution is -2.07. The molecule has 0 bridgehead atoms. The zero-order valence-corrected chi connectivity index (χ0v) is 14.4. The number of hydrogen-bond acceptors (Lipinski definition) is 6. The Bertz CT molecular complexity index is 156. The summed E-state index contributed by atoms with van der Waals surface area (Å²) in [5.41, 5.74) is 21.2. The SMILES string of the molecule is NCCCCCCN.NCCCOCCCCOCCCN. The van der Waals surface area contributed by atoms with Crippen LogP contribution in [0.5, 0.6) is 0 Å². The minimum atomic E-state index is 0.711. The predicted octanol–water partition coefficient (Wildman–Crippen LogP) is 0.962. The Balaban J connectivity index is 0. The molecule has 6 heteroatoms. The molecular formula is C16H40N4O2. The Morgan fingerprint density at radius 2 is 0.682 bits per heavy atom. The van der Waals surface area contributed by atoms with E-state index in [0.717, 1.165) is 78.0 Å². The Labute approximate surface area is 137 Å². The lowest BCUT2D eigenvalue weighted by atomic mass is 10.2. The highest BCUT2D eigenvalue weighted by Gasteiger charge is 1.91. The smallest absolute Gasteiger partial charge is 0.0478 e. The summed E-state index contributed by atoms with van der Waals surface area (Å²) in [4.78, 5) is 0. The topological polar surface area (TPSA) is 123 Å². The normalized spacial score (nSPS) is 10.4. The lowest BCUT2D eigenvalue weighted by molar-refractivity contribution is 0.102. The molecule has 0 aromatic rings. The Kier molecular flexibility index (Phi) is 28.1. The van der Waals surface area contributed by atoms with Crippen molar-refractivity contribution >= 4 is 0 Å². The molecule has 0 amide bonds. The van der Waals surface area contributed by atoms with E-state index in [9.17, 15) is 0 Å². The van der Waals surface area contributed by atoms with Gasteiger partial charge in [0.25, 0.3) is 0 Å². The maximum atomic E-state index is 5.35. The van der Waals surface area contributed by atoms with Crippen LogP contribution in [-0.2, 0) is 9.47 Å². The average molecular weight is 321 g/mol. The van der Waals surface area contributed by atoms with Gasteiger partial charge in [0.05, 0.1) is 0 Å². The molecule has 0 rings (SSSR count). The van der Waals surface area contributed by atoms with E-state index in [-0.39, 0.29) is 0 Å². The molecule has 0 heterocycles. The second-order valence-electron chi connectivity index (χ2n) is 5.21. The van der Waals surface area contributed by atoms with Crippen LogP contribution < -0.4 is 22.9 Å². The second-order valence-corrected chi connectivity index (χ2v) is 5.21. The van der Waals surface area contributed by atoms with Gasteiger partial charge in [0.1, 0.15) is 0 Å². The summed E-state index contributed by atoms with van der Waals surface area (Å²) < 4.78 is 10.7. The summed E-state index contributed by atoms with van der Waals surface area (Å²) in [5, 5.41) is 0. The monoisotopic (exact) mass is 320 g/mol. The maximum Gasteiger partial charge on any atom is 0.0478 e. The van der Waals surface area contributed by atoms with E-state index in [1.54, 1.807) is 0 Å². The Morgan fingerprint density at radius 1 is 0.364 bits per heavy atom. The molecule has 0 atom stereocenters. The molecule has 6 nitrogen and oxygen atoms in total. The van der Waals surface area contributed by atoms with Crippen LogP contribution in [-0.4, -0.2) is 52.6 Å². The molecule has 0 unspecified atom stereocenters. The Morgan fingerprint density at radius 3 is 1.00 bits per heavy atom. The van der Waals surface area contributed by atoms with Gasteiger partial charge in [-0.05, 0) is 64.7 Å². The van der Waals surface area contributed by atoms with E-state index in [1.807, 2.05) is 0 Å². The fourth-order valence-corrected chi connectivity index (χ4v) is 1.63. The highest BCUT2D eigenvalue weighted by Crippen LogP contribution is 1.95. The van der Waals surface area contributed by atoms with Gasteiger partial charge in [-0.25, -0.2) is 0 Å². The molecule has 22 heavy (non-hydrogen) atoms. The molecule has 0 aromatic heterocycles. The van der Waals surface area contributed by atoms with Gasteiger partial charge in [-0.2, -0.15) is 0 Å². The third-order valence-corrected chi connectivity index (χ3v) is 2.97. The minimum Gasteiger partial charge on any atom is -0.381 e. The summed E-state index contributed by atoms with van der Waals surface area (Å²) in [6, 6.07) is 0. The van der Waals surface area contributed by atoms with Gasteiger partial charge in [0.15, 0.2) is 0 Å². The van der Waals surface area contributed by atoms with Crippen LogP contribution in [0.2, 0.25) is 0 Å². The van der Waals surface area contributed by atoms with Crippen molar-refractivity contribution in [3.63, 3.8) is 0 Å². The molecule has 0 saturated carbocycles. The molecule has 8 N–H and O–H groups in total. The number of hydrogen-bond donors (Lipinski definition) is 4. The standard InChI is InChI=1S/C10H24N2O2.C6H16N2/c11-5-3-9-13-7-1-2-8-14-10-4-6-12;7-5-3-1-2-4-6-8/h1-12H2;1-8H2. The van der Waals surface area contributed by atoms with E-state index in [2.05, 4.69) is 0 Å². The van der Waals surface area contributed by atoms with Gasteiger partial charge < -0.3 is 32.4 Å². The van der Waals surface area contributed by atoms with Gasteiger partial charge in [-0.15, -0.1) is 0 Å². The summed E-state index contributed by atoms with van der Waals surface area (Å²) >= 11 is 0. The van der Waals surface area contributed by atoms with E-state index in [0.29, 0.717) is 13.1 Å². The first-order valence-corrected chi connectivity index (χ1v) is 8.79. The zero-order valence-electron chi connectivity index (χ0n) is 14.4. The van der Waals surface area contributed by atoms with Crippen molar-refractivity contribution in [2.24, 2.45) is 22.9 Å². The molecule has 0 aliphatic rings. The molecule has 0 aromatic carbocycles. The van der Waals surface area contributed by atoms with E-state index in [1.165, 1.54) is 12.8 Å². The summed E-state index contributed by atoms with van der Waals surface area (Å²) in [6.45, 7) is 6.27. The molecule has 0 aliphatic heterocycles. The molecule has 0 fully saturated rings. The van der Waals surface area contributed by atoms with Gasteiger partial charge >= 0.3 is 0 Å². The molecule has 0 saturated heterocycles. The van der Waals surface area contributed by atoms with Crippen LogP contribution in [0.15, 0.2) is 0 Å². The molecule has 0 aliphatic carbocycles. The van der Waals surface area contributed by atoms with Crippen molar-refractivity contribution in [2.75, 3.05) is 52.6 Å². The van der Waals surface area contributed by atoms with Gasteiger partial charge in [0, 0.05) is 26.4 Å². The molecule has 136 valence electrons. The Hall–Kier alpha value is -0.240. The first kappa shape index (κ1) is 24.0. The van der Waals surface area contributed by atoms with Crippen molar-refractivity contribution in [2.45, 2.75) is 51.4 Å². The lowest BCUT2D eigenvalue weighted by Gasteiger charge is -2.04. The largest absolute Gasteiger partial charge is 0.381 e. The fourth-order valence-electron chi connectivity index (χ4n) is 1.63. The average Bonchev–Trinajstić information content (AvgIpc) is 2.54. The van der Waals surface area contributed by atoms with Crippen molar-refractivity contribution in [3.05, 3.63) is 0 Å². The number of ether oxygens (including phenoxy) is 2. The first-order valence-electron chi connectivity index (χ1n) is 8.79. The van der Waals surface area contributed by atoms with E-state index in [4.69, 9.17) is 32.4 Å². The highest BCUT2D eigenvalue weighted by molar-refractivity contribution is 4.43. The number of rotatable bonds is 16. The van der Waals surface area contributed by atoms with Crippen molar-refractivity contribution in [3.8, 4) is 0 Å². The van der Waals surface area contributed by atoms with Gasteiger partial charge in [0.2, 0.25) is 0 Å². The van der Waals surface area contributed by atoms with Gasteiger partial charge in [-0.3, -0.25) is 0 Å². The molecule has 0 spiro atoms. The number of unbranched alkanes of at least 4 members (excludes halogenated alkanes) is 4. The van der Waals surface area contributed by atoms with Crippen molar-refractivity contribution in [1.29, 1.82) is 0 Å².